The van der Waals surface area contributed by atoms with Crippen LogP contribution in [0.4, 0.5) is 4.79 Å². The zero-order valence-electron chi connectivity index (χ0n) is 13.7. The first-order chi connectivity index (χ1) is 9.29. The number of hydrogen-bond donors (Lipinski definition) is 2. The number of carbonyl (C=O) groups is 1. The third-order valence-corrected chi connectivity index (χ3v) is 3.33. The van der Waals surface area contributed by atoms with Gasteiger partial charge in [0.05, 0.1) is 0 Å². The lowest BCUT2D eigenvalue weighted by Crippen LogP contribution is -2.45. The van der Waals surface area contributed by atoms with Crippen molar-refractivity contribution < 1.29 is 9.53 Å². The molecule has 0 saturated carbocycles. The lowest BCUT2D eigenvalue weighted by molar-refractivity contribution is 0.0193. The molecule has 1 atom stereocenters. The normalized spacial score (nSPS) is 19.4. The molecule has 5 nitrogen and oxygen atoms in total. The fourth-order valence-corrected chi connectivity index (χ4v) is 2.29. The van der Waals surface area contributed by atoms with Crippen LogP contribution in [0, 0.1) is 0 Å². The van der Waals surface area contributed by atoms with E-state index in [-0.39, 0.29) is 12.1 Å². The molecule has 1 heterocycles. The van der Waals surface area contributed by atoms with Crippen molar-refractivity contribution in [1.82, 2.24) is 15.5 Å². The molecule has 2 N–H and O–H groups in total. The van der Waals surface area contributed by atoms with Crippen LogP contribution in [-0.2, 0) is 4.74 Å². The fraction of sp³-hybridized carbons (Fsp3) is 0.933. The van der Waals surface area contributed by atoms with E-state index in [0.29, 0.717) is 12.6 Å². The maximum atomic E-state index is 12.1. The highest BCUT2D eigenvalue weighted by molar-refractivity contribution is 5.68. The Bertz CT molecular complexity index is 294. The van der Waals surface area contributed by atoms with Crippen LogP contribution in [0.3, 0.4) is 0 Å². The molecule has 1 aliphatic heterocycles. The van der Waals surface area contributed by atoms with E-state index in [4.69, 9.17) is 4.74 Å². The van der Waals surface area contributed by atoms with E-state index in [2.05, 4.69) is 10.6 Å². The number of hydrogen-bond acceptors (Lipinski definition) is 4. The first kappa shape index (κ1) is 17.2. The zero-order chi connectivity index (χ0) is 15.2. The van der Waals surface area contributed by atoms with Crippen molar-refractivity contribution in [3.05, 3.63) is 0 Å². The average molecular weight is 285 g/mol. The van der Waals surface area contributed by atoms with E-state index >= 15 is 0 Å². The highest BCUT2D eigenvalue weighted by Crippen LogP contribution is 2.11. The van der Waals surface area contributed by atoms with Gasteiger partial charge >= 0.3 is 6.09 Å². The molecule has 1 rings (SSSR count). The van der Waals surface area contributed by atoms with Gasteiger partial charge in [0.25, 0.3) is 0 Å². The summed E-state index contributed by atoms with van der Waals surface area (Å²) < 4.78 is 5.44. The van der Waals surface area contributed by atoms with E-state index in [1.807, 2.05) is 34.6 Å². The molecular weight excluding hydrogens is 254 g/mol. The van der Waals surface area contributed by atoms with Gasteiger partial charge in [-0.15, -0.1) is 0 Å². The van der Waals surface area contributed by atoms with Crippen molar-refractivity contribution in [2.45, 2.75) is 65.1 Å². The molecule has 5 heteroatoms. The monoisotopic (exact) mass is 285 g/mol. The quantitative estimate of drug-likeness (QED) is 0.733. The first-order valence-electron chi connectivity index (χ1n) is 7.73. The molecule has 0 radical (unpaired) electrons. The van der Waals surface area contributed by atoms with Crippen LogP contribution >= 0.6 is 0 Å². The number of nitrogens with zero attached hydrogens (tertiary/aromatic N) is 1. The van der Waals surface area contributed by atoms with Gasteiger partial charge in [-0.2, -0.15) is 0 Å². The Morgan fingerprint density at radius 3 is 2.65 bits per heavy atom. The highest BCUT2D eigenvalue weighted by atomic mass is 16.6. The van der Waals surface area contributed by atoms with Crippen molar-refractivity contribution >= 4 is 6.09 Å². The smallest absolute Gasteiger partial charge is 0.410 e. The molecule has 0 aromatic heterocycles. The summed E-state index contributed by atoms with van der Waals surface area (Å²) in [5, 5.41) is 6.87. The second-order valence-corrected chi connectivity index (χ2v) is 6.76. The first-order valence-corrected chi connectivity index (χ1v) is 7.73. The summed E-state index contributed by atoms with van der Waals surface area (Å²) in [7, 11) is 0. The lowest BCUT2D eigenvalue weighted by atomic mass is 10.2. The van der Waals surface area contributed by atoms with E-state index < -0.39 is 5.60 Å². The Hall–Kier alpha value is -0.810. The summed E-state index contributed by atoms with van der Waals surface area (Å²) in [6.07, 6.45) is 2.28. The molecule has 20 heavy (non-hydrogen) atoms. The maximum Gasteiger partial charge on any atom is 0.410 e. The van der Waals surface area contributed by atoms with Gasteiger partial charge < -0.3 is 20.3 Å². The van der Waals surface area contributed by atoms with Gasteiger partial charge in [0.2, 0.25) is 0 Å². The van der Waals surface area contributed by atoms with Crippen LogP contribution in [0.2, 0.25) is 0 Å². The van der Waals surface area contributed by atoms with Gasteiger partial charge in [0.15, 0.2) is 0 Å². The maximum absolute atomic E-state index is 12.1. The molecule has 1 amide bonds. The fourth-order valence-electron chi connectivity index (χ4n) is 2.29. The van der Waals surface area contributed by atoms with Gasteiger partial charge in [0.1, 0.15) is 5.60 Å². The van der Waals surface area contributed by atoms with Crippen molar-refractivity contribution in [3.8, 4) is 0 Å². The van der Waals surface area contributed by atoms with E-state index in [1.165, 1.54) is 12.8 Å². The number of carbonyl (C=O) groups excluding carboxylic acids is 1. The summed E-state index contributed by atoms with van der Waals surface area (Å²) in [5.74, 6) is 0. The van der Waals surface area contributed by atoms with Crippen LogP contribution in [0.1, 0.15) is 47.5 Å². The second kappa shape index (κ2) is 7.84. The van der Waals surface area contributed by atoms with Crippen LogP contribution in [0.25, 0.3) is 0 Å². The molecule has 0 aromatic carbocycles. The summed E-state index contributed by atoms with van der Waals surface area (Å²) >= 11 is 0. The Kier molecular flexibility index (Phi) is 6.76. The van der Waals surface area contributed by atoms with E-state index in [9.17, 15) is 4.79 Å². The molecule has 0 aliphatic carbocycles. The van der Waals surface area contributed by atoms with Crippen molar-refractivity contribution in [3.63, 3.8) is 0 Å². The standard InChI is InChI=1S/C15H31N3O2/c1-12(2)18(14(19)20-15(3,4)5)10-9-16-11-13-7-6-8-17-13/h12-13,16-17H,6-11H2,1-5H3. The molecule has 1 saturated heterocycles. The predicted octanol–water partition coefficient (Wildman–Crippen LogP) is 1.97. The van der Waals surface area contributed by atoms with Gasteiger partial charge in [-0.1, -0.05) is 0 Å². The predicted molar refractivity (Wildman–Crippen MR) is 82.0 cm³/mol. The Morgan fingerprint density at radius 1 is 1.45 bits per heavy atom. The van der Waals surface area contributed by atoms with Gasteiger partial charge in [-0.3, -0.25) is 0 Å². The highest BCUT2D eigenvalue weighted by Gasteiger charge is 2.23. The molecule has 118 valence electrons. The molecular formula is C15H31N3O2. The van der Waals surface area contributed by atoms with Gasteiger partial charge in [-0.05, 0) is 54.0 Å². The summed E-state index contributed by atoms with van der Waals surface area (Å²) in [4.78, 5) is 13.9. The second-order valence-electron chi connectivity index (χ2n) is 6.76. The minimum absolute atomic E-state index is 0.149. The molecule has 1 aliphatic rings. The number of amides is 1. The van der Waals surface area contributed by atoms with Crippen LogP contribution in [0.5, 0.6) is 0 Å². The van der Waals surface area contributed by atoms with Crippen molar-refractivity contribution in [2.75, 3.05) is 26.2 Å². The third kappa shape index (κ3) is 6.57. The topological polar surface area (TPSA) is 53.6 Å². The molecule has 0 spiro atoms. The Labute approximate surface area is 123 Å². The minimum atomic E-state index is -0.439. The van der Waals surface area contributed by atoms with Crippen LogP contribution < -0.4 is 10.6 Å². The number of nitrogens with one attached hydrogen (secondary N) is 2. The third-order valence-electron chi connectivity index (χ3n) is 3.33. The van der Waals surface area contributed by atoms with Crippen molar-refractivity contribution in [1.29, 1.82) is 0 Å². The number of ether oxygens (including phenoxy) is 1. The largest absolute Gasteiger partial charge is 0.444 e. The summed E-state index contributed by atoms with van der Waals surface area (Å²) in [6, 6.07) is 0.736. The molecule has 1 unspecified atom stereocenters. The summed E-state index contributed by atoms with van der Waals surface area (Å²) in [5.41, 5.74) is -0.439. The lowest BCUT2D eigenvalue weighted by Gasteiger charge is -2.30. The molecule has 1 fully saturated rings. The number of rotatable bonds is 6. The average Bonchev–Trinajstić information content (AvgIpc) is 2.78. The Morgan fingerprint density at radius 2 is 2.15 bits per heavy atom. The summed E-state index contributed by atoms with van der Waals surface area (Å²) in [6.45, 7) is 13.3. The minimum Gasteiger partial charge on any atom is -0.444 e. The van der Waals surface area contributed by atoms with Crippen molar-refractivity contribution in [2.24, 2.45) is 0 Å². The van der Waals surface area contributed by atoms with Crippen LogP contribution in [0.15, 0.2) is 0 Å². The van der Waals surface area contributed by atoms with Gasteiger partial charge in [0, 0.05) is 31.7 Å². The van der Waals surface area contributed by atoms with E-state index in [1.54, 1.807) is 4.90 Å². The SMILES string of the molecule is CC(C)N(CCNCC1CCCN1)C(=O)OC(C)(C)C. The molecule has 0 bridgehead atoms. The van der Waals surface area contributed by atoms with Crippen LogP contribution in [-0.4, -0.2) is 54.9 Å². The Balaban J connectivity index is 2.29. The van der Waals surface area contributed by atoms with E-state index in [0.717, 1.165) is 19.6 Å². The molecule has 0 aromatic rings. The zero-order valence-corrected chi connectivity index (χ0v) is 13.7. The van der Waals surface area contributed by atoms with Gasteiger partial charge in [-0.25, -0.2) is 4.79 Å².